The van der Waals surface area contributed by atoms with Crippen molar-refractivity contribution in [3.8, 4) is 5.75 Å². The molecule has 0 fully saturated rings. The van der Waals surface area contributed by atoms with E-state index in [1.54, 1.807) is 12.1 Å². The molecule has 25 heavy (non-hydrogen) atoms. The molecule has 0 bridgehead atoms. The van der Waals surface area contributed by atoms with Crippen LogP contribution < -0.4 is 0 Å². The summed E-state index contributed by atoms with van der Waals surface area (Å²) >= 11 is 0. The Morgan fingerprint density at radius 1 is 0.640 bits per heavy atom. The average molecular weight is 378 g/mol. The van der Waals surface area contributed by atoms with Gasteiger partial charge in [-0.1, -0.05) is 30.3 Å². The molecule has 9 heteroatoms. The molecule has 4 aromatic carbocycles. The van der Waals surface area contributed by atoms with Crippen LogP contribution in [0.1, 0.15) is 0 Å². The van der Waals surface area contributed by atoms with E-state index in [2.05, 4.69) is 0 Å². The van der Waals surface area contributed by atoms with Crippen molar-refractivity contribution in [2.45, 2.75) is 9.79 Å². The predicted octanol–water partition coefficient (Wildman–Crippen LogP) is 2.78. The second-order valence-electron chi connectivity index (χ2n) is 5.65. The van der Waals surface area contributed by atoms with Crippen molar-refractivity contribution < 1.29 is 31.0 Å². The molecule has 0 atom stereocenters. The molecule has 0 aliphatic carbocycles. The first kappa shape index (κ1) is 16.0. The van der Waals surface area contributed by atoms with Crippen LogP contribution in [0, 0.1) is 0 Å². The van der Waals surface area contributed by atoms with Gasteiger partial charge in [0.2, 0.25) is 0 Å². The molecule has 7 nitrogen and oxygen atoms in total. The van der Waals surface area contributed by atoms with Gasteiger partial charge in [0.1, 0.15) is 15.5 Å². The van der Waals surface area contributed by atoms with Gasteiger partial charge in [-0.15, -0.1) is 0 Å². The van der Waals surface area contributed by atoms with Crippen LogP contribution >= 0.6 is 0 Å². The molecule has 128 valence electrons. The topological polar surface area (TPSA) is 129 Å². The lowest BCUT2D eigenvalue weighted by Gasteiger charge is -2.15. The van der Waals surface area contributed by atoms with E-state index >= 15 is 0 Å². The van der Waals surface area contributed by atoms with E-state index in [-0.39, 0.29) is 26.8 Å². The molecule has 0 unspecified atom stereocenters. The maximum atomic E-state index is 11.7. The quantitative estimate of drug-likeness (QED) is 0.361. The predicted molar refractivity (Wildman–Crippen MR) is 91.4 cm³/mol. The van der Waals surface area contributed by atoms with E-state index in [0.29, 0.717) is 16.2 Å². The number of hydrogen-bond acceptors (Lipinski definition) is 5. The summed E-state index contributed by atoms with van der Waals surface area (Å²) in [6.07, 6.45) is 0. The van der Waals surface area contributed by atoms with Crippen molar-refractivity contribution >= 4 is 52.6 Å². The third-order valence-corrected chi connectivity index (χ3v) is 6.04. The fraction of sp³-hybridized carbons (Fsp3) is 0. The minimum Gasteiger partial charge on any atom is -0.507 e. The number of benzene rings is 4. The molecule has 0 aliphatic rings. The number of rotatable bonds is 2. The summed E-state index contributed by atoms with van der Waals surface area (Å²) in [5.74, 6) is -0.369. The smallest absolute Gasteiger partial charge is 0.295 e. The molecule has 3 N–H and O–H groups in total. The molecule has 4 aromatic rings. The van der Waals surface area contributed by atoms with Crippen molar-refractivity contribution in [3.63, 3.8) is 0 Å². The minimum atomic E-state index is -4.62. The zero-order valence-corrected chi connectivity index (χ0v) is 14.0. The van der Waals surface area contributed by atoms with E-state index in [4.69, 9.17) is 0 Å². The van der Waals surface area contributed by atoms with Crippen LogP contribution in [0.5, 0.6) is 5.75 Å². The molecule has 4 rings (SSSR count). The van der Waals surface area contributed by atoms with Crippen molar-refractivity contribution in [2.75, 3.05) is 0 Å². The Morgan fingerprint density at radius 3 is 1.76 bits per heavy atom. The van der Waals surface area contributed by atoms with Crippen LogP contribution in [0.25, 0.3) is 32.3 Å². The van der Waals surface area contributed by atoms with Gasteiger partial charge in [-0.2, -0.15) is 16.8 Å². The van der Waals surface area contributed by atoms with Crippen LogP contribution in [-0.2, 0) is 20.2 Å². The standard InChI is InChI=1S/C16H10O7S2/c17-12-7-14(25(21,22)23)11-5-4-10-13(24(18,19)20)6-2-8-1-3-9(12)16(11)15(8)10/h1-7,17H,(H,18,19,20)(H,21,22,23). The van der Waals surface area contributed by atoms with Crippen molar-refractivity contribution in [1.29, 1.82) is 0 Å². The first-order valence-corrected chi connectivity index (χ1v) is 9.85. The first-order chi connectivity index (χ1) is 11.6. The fourth-order valence-electron chi connectivity index (χ4n) is 3.26. The molecule has 0 radical (unpaired) electrons. The van der Waals surface area contributed by atoms with Gasteiger partial charge in [0.15, 0.2) is 0 Å². The third kappa shape index (κ3) is 2.24. The minimum absolute atomic E-state index is 0.140. The lowest BCUT2D eigenvalue weighted by atomic mass is 9.94. The van der Waals surface area contributed by atoms with E-state index in [9.17, 15) is 31.0 Å². The summed E-state index contributed by atoms with van der Waals surface area (Å²) < 4.78 is 65.5. The van der Waals surface area contributed by atoms with Gasteiger partial charge in [-0.25, -0.2) is 0 Å². The molecular formula is C16H10O7S2. The molecule has 0 saturated heterocycles. The summed E-state index contributed by atoms with van der Waals surface area (Å²) in [6, 6.07) is 9.58. The highest BCUT2D eigenvalue weighted by atomic mass is 32.2. The summed E-state index contributed by atoms with van der Waals surface area (Å²) in [7, 11) is -9.12. The Kier molecular flexibility index (Phi) is 3.07. The van der Waals surface area contributed by atoms with Gasteiger partial charge in [0.25, 0.3) is 20.2 Å². The highest BCUT2D eigenvalue weighted by Crippen LogP contribution is 2.42. The monoisotopic (exact) mass is 378 g/mol. The lowest BCUT2D eigenvalue weighted by Crippen LogP contribution is -2.02. The zero-order valence-electron chi connectivity index (χ0n) is 12.3. The molecule has 0 saturated carbocycles. The van der Waals surface area contributed by atoms with E-state index < -0.39 is 25.1 Å². The van der Waals surface area contributed by atoms with Crippen molar-refractivity contribution in [2.24, 2.45) is 0 Å². The lowest BCUT2D eigenvalue weighted by molar-refractivity contribution is 0.471. The SMILES string of the molecule is O=S(=O)(O)c1ccc2ccc3c(O)cc(S(=O)(=O)O)c4ccc1c2c34. The van der Waals surface area contributed by atoms with E-state index in [1.807, 2.05) is 0 Å². The number of aromatic hydroxyl groups is 1. The highest BCUT2D eigenvalue weighted by molar-refractivity contribution is 7.86. The van der Waals surface area contributed by atoms with Crippen LogP contribution in [0.3, 0.4) is 0 Å². The van der Waals surface area contributed by atoms with Gasteiger partial charge < -0.3 is 5.11 Å². The molecule has 0 aliphatic heterocycles. The van der Waals surface area contributed by atoms with Crippen LogP contribution in [0.2, 0.25) is 0 Å². The Morgan fingerprint density at radius 2 is 1.16 bits per heavy atom. The van der Waals surface area contributed by atoms with Crippen LogP contribution in [0.4, 0.5) is 0 Å². The number of phenols is 1. The maximum Gasteiger partial charge on any atom is 0.295 e. The molecule has 0 amide bonds. The van der Waals surface area contributed by atoms with Crippen molar-refractivity contribution in [3.05, 3.63) is 42.5 Å². The normalized spacial score (nSPS) is 13.2. The second kappa shape index (κ2) is 4.79. The molecule has 0 aromatic heterocycles. The van der Waals surface area contributed by atoms with Gasteiger partial charge in [0, 0.05) is 27.6 Å². The highest BCUT2D eigenvalue weighted by Gasteiger charge is 2.23. The van der Waals surface area contributed by atoms with Gasteiger partial charge >= 0.3 is 0 Å². The first-order valence-electron chi connectivity index (χ1n) is 6.97. The van der Waals surface area contributed by atoms with E-state index in [0.717, 1.165) is 6.07 Å². The van der Waals surface area contributed by atoms with Gasteiger partial charge in [0.05, 0.1) is 0 Å². The fourth-order valence-corrected chi connectivity index (χ4v) is 4.65. The Bertz CT molecular complexity index is 1390. The summed E-state index contributed by atoms with van der Waals surface area (Å²) in [6.45, 7) is 0. The number of phenolic OH excluding ortho intramolecular Hbond substituents is 1. The summed E-state index contributed by atoms with van der Waals surface area (Å²) in [4.78, 5) is -0.810. The molecule has 0 spiro atoms. The Labute approximate surface area is 142 Å². The zero-order chi connectivity index (χ0) is 18.1. The van der Waals surface area contributed by atoms with E-state index in [1.165, 1.54) is 24.3 Å². The van der Waals surface area contributed by atoms with Gasteiger partial charge in [-0.3, -0.25) is 9.11 Å². The summed E-state index contributed by atoms with van der Waals surface area (Å²) in [5.41, 5.74) is 0. The second-order valence-corrected chi connectivity index (χ2v) is 8.43. The number of hydrogen-bond donors (Lipinski definition) is 3. The van der Waals surface area contributed by atoms with Crippen LogP contribution in [-0.4, -0.2) is 31.0 Å². The largest absolute Gasteiger partial charge is 0.507 e. The van der Waals surface area contributed by atoms with Crippen molar-refractivity contribution in [1.82, 2.24) is 0 Å². The Hall–Kier alpha value is -2.46. The Balaban J connectivity index is 2.39. The van der Waals surface area contributed by atoms with Crippen LogP contribution in [0.15, 0.2) is 52.3 Å². The molecule has 0 heterocycles. The third-order valence-electron chi connectivity index (χ3n) is 4.24. The maximum absolute atomic E-state index is 11.7. The van der Waals surface area contributed by atoms with Gasteiger partial charge in [-0.05, 0) is 16.8 Å². The average Bonchev–Trinajstić information content (AvgIpc) is 2.51. The summed E-state index contributed by atoms with van der Waals surface area (Å²) in [5, 5.41) is 12.0. The molecular weight excluding hydrogens is 368 g/mol.